The van der Waals surface area contributed by atoms with E-state index in [9.17, 15) is 0 Å². The Balaban J connectivity index is 1.81. The van der Waals surface area contributed by atoms with Crippen molar-refractivity contribution in [3.05, 3.63) is 11.6 Å². The van der Waals surface area contributed by atoms with E-state index in [0.717, 1.165) is 44.2 Å². The van der Waals surface area contributed by atoms with Crippen molar-refractivity contribution in [1.29, 1.82) is 0 Å². The Morgan fingerprint density at radius 2 is 1.48 bits per heavy atom. The molecule has 0 unspecified atom stereocenters. The molecule has 6 nitrogen and oxygen atoms in total. The predicted octanol–water partition coefficient (Wildman–Crippen LogP) is 9.44. The molecule has 254 valence electrons. The molecule has 44 heavy (non-hydrogen) atoms. The van der Waals surface area contributed by atoms with E-state index < -0.39 is 38.9 Å². The average molecular weight is 682 g/mol. The van der Waals surface area contributed by atoms with Gasteiger partial charge in [0.2, 0.25) is 0 Å². The summed E-state index contributed by atoms with van der Waals surface area (Å²) in [4.78, 5) is 5.61. The molecule has 0 spiro atoms. The minimum atomic E-state index is -2.00. The van der Waals surface area contributed by atoms with Gasteiger partial charge in [-0.3, -0.25) is 0 Å². The van der Waals surface area contributed by atoms with Crippen molar-refractivity contribution in [2.24, 2.45) is 33.7 Å². The number of allylic oxidation sites excluding steroid dienone is 1. The van der Waals surface area contributed by atoms with Crippen LogP contribution in [0, 0.1) is 28.6 Å². The Labute approximate surface area is 275 Å². The second-order valence-corrected chi connectivity index (χ2v) is 36.7. The fourth-order valence-electron chi connectivity index (χ4n) is 9.71. The van der Waals surface area contributed by atoms with Crippen LogP contribution in [0.1, 0.15) is 58.8 Å². The van der Waals surface area contributed by atoms with Gasteiger partial charge in [-0.15, -0.1) is 0 Å². The lowest BCUT2D eigenvalue weighted by atomic mass is 9.46. The van der Waals surface area contributed by atoms with E-state index >= 15 is 0 Å². The Hall–Kier alpha value is -0.0825. The summed E-state index contributed by atoms with van der Waals surface area (Å²) in [6, 6.07) is 0. The van der Waals surface area contributed by atoms with Gasteiger partial charge in [-0.05, 0) is 147 Å². The second-order valence-electron chi connectivity index (χ2n) is 18.9. The summed E-state index contributed by atoms with van der Waals surface area (Å²) in [5, 5.41) is 4.78. The Bertz CT molecular complexity index is 1100. The van der Waals surface area contributed by atoms with Gasteiger partial charge in [0.1, 0.15) is 18.4 Å². The number of hydrogen-bond donors (Lipinski definition) is 0. The van der Waals surface area contributed by atoms with Crippen molar-refractivity contribution in [3.8, 4) is 0 Å². The van der Waals surface area contributed by atoms with Crippen LogP contribution in [-0.2, 0) is 22.5 Å². The van der Waals surface area contributed by atoms with Gasteiger partial charge in [0.05, 0.1) is 6.61 Å². The molecule has 10 heteroatoms. The first-order valence-electron chi connectivity index (χ1n) is 17.4. The molecule has 3 saturated carbocycles. The van der Waals surface area contributed by atoms with E-state index in [4.69, 9.17) is 27.7 Å². The SMILES string of the molecule is CO/N=C(\CO[Si](C)(C)C)[C@@]1(O[Si](C)(C)C)CC[C@H]2[C@@H]3CC=C4C[C@@H](O[Si](C)(C)C)CC[C@]4(C)[C@H]3[C@@H](O[Si](C)(C)C)C[C@@]21C. The van der Waals surface area contributed by atoms with Crippen LogP contribution in [0.4, 0.5) is 0 Å². The number of hydrogen-bond acceptors (Lipinski definition) is 6. The molecule has 0 saturated heterocycles. The van der Waals surface area contributed by atoms with Crippen LogP contribution in [0.15, 0.2) is 16.8 Å². The lowest BCUT2D eigenvalue weighted by Gasteiger charge is -2.63. The molecule has 3 fully saturated rings. The van der Waals surface area contributed by atoms with E-state index in [1.54, 1.807) is 12.7 Å². The van der Waals surface area contributed by atoms with Gasteiger partial charge < -0.3 is 22.5 Å². The zero-order valence-corrected chi connectivity index (χ0v) is 35.1. The molecule has 0 N–H and O–H groups in total. The predicted molar refractivity (Wildman–Crippen MR) is 194 cm³/mol. The maximum atomic E-state index is 7.48. The van der Waals surface area contributed by atoms with Crippen molar-refractivity contribution in [3.63, 3.8) is 0 Å². The topological polar surface area (TPSA) is 58.5 Å². The van der Waals surface area contributed by atoms with Gasteiger partial charge in [-0.1, -0.05) is 30.7 Å². The fraction of sp³-hybridized carbons (Fsp3) is 0.912. The quantitative estimate of drug-likeness (QED) is 0.0941. The van der Waals surface area contributed by atoms with E-state index in [2.05, 4.69) is 98.5 Å². The van der Waals surface area contributed by atoms with Gasteiger partial charge in [-0.25, -0.2) is 0 Å². The summed E-state index contributed by atoms with van der Waals surface area (Å²) in [5.41, 5.74) is 2.12. The van der Waals surface area contributed by atoms with Crippen molar-refractivity contribution >= 4 is 39.0 Å². The summed E-state index contributed by atoms with van der Waals surface area (Å²) in [7, 11) is -5.57. The van der Waals surface area contributed by atoms with E-state index in [1.165, 1.54) is 6.42 Å². The maximum absolute atomic E-state index is 7.48. The standard InChI is InChI=1S/C34H67NO5Si4/c1-32-20-18-26(38-42(7,8)9)22-25(32)16-17-27-28-19-21-34(40-44(13,14)15,30(35-36-3)24-37-41(4,5)6)33(28,2)23-29(31(27)32)39-43(10,11)12/h16,26-29,31H,17-24H2,1-15H3/b35-30+/t26-,27-,28-,29-,31+,32-,33-,34-/m0/s1. The zero-order valence-electron chi connectivity index (χ0n) is 31.1. The highest BCUT2D eigenvalue weighted by Crippen LogP contribution is 2.69. The molecular weight excluding hydrogens is 615 g/mol. The number of oxime groups is 1. The van der Waals surface area contributed by atoms with Crippen LogP contribution in [0.3, 0.4) is 0 Å². The number of nitrogens with zero attached hydrogens (tertiary/aromatic N) is 1. The van der Waals surface area contributed by atoms with Crippen molar-refractivity contribution in [2.45, 2.75) is 155 Å². The summed E-state index contributed by atoms with van der Waals surface area (Å²) in [6.07, 6.45) is 10.9. The molecule has 0 aromatic rings. The van der Waals surface area contributed by atoms with Crippen molar-refractivity contribution in [1.82, 2.24) is 0 Å². The third-order valence-corrected chi connectivity index (χ3v) is 14.9. The minimum absolute atomic E-state index is 0.126. The fourth-order valence-corrected chi connectivity index (χ4v) is 14.1. The molecule has 4 rings (SSSR count). The smallest absolute Gasteiger partial charge is 0.185 e. The summed E-state index contributed by atoms with van der Waals surface area (Å²) in [5.74, 6) is 1.61. The van der Waals surface area contributed by atoms with Crippen molar-refractivity contribution in [2.75, 3.05) is 13.7 Å². The first kappa shape index (κ1) is 36.7. The van der Waals surface area contributed by atoms with Gasteiger partial charge in [0.25, 0.3) is 0 Å². The van der Waals surface area contributed by atoms with Gasteiger partial charge in [0, 0.05) is 17.6 Å². The molecule has 0 aromatic heterocycles. The monoisotopic (exact) mass is 681 g/mol. The minimum Gasteiger partial charge on any atom is -0.414 e. The second kappa shape index (κ2) is 12.4. The van der Waals surface area contributed by atoms with Crippen LogP contribution >= 0.6 is 0 Å². The third-order valence-electron chi connectivity index (χ3n) is 10.9. The Morgan fingerprint density at radius 1 is 0.841 bits per heavy atom. The van der Waals surface area contributed by atoms with Crippen LogP contribution in [-0.4, -0.2) is 70.5 Å². The normalized spacial score (nSPS) is 38.5. The molecule has 4 aliphatic rings. The van der Waals surface area contributed by atoms with Crippen molar-refractivity contribution < 1.29 is 22.5 Å². The molecule has 8 atom stereocenters. The summed E-state index contributed by atoms with van der Waals surface area (Å²) in [6.45, 7) is 33.4. The Kier molecular flexibility index (Phi) is 10.4. The summed E-state index contributed by atoms with van der Waals surface area (Å²) < 4.78 is 28.1. The zero-order chi connectivity index (χ0) is 33.1. The van der Waals surface area contributed by atoms with E-state index in [1.807, 2.05) is 0 Å². The Morgan fingerprint density at radius 3 is 2.02 bits per heavy atom. The highest BCUT2D eigenvalue weighted by molar-refractivity contribution is 6.71. The average Bonchev–Trinajstić information content (AvgIpc) is 3.10. The number of fused-ring (bicyclic) bond motifs is 5. The third kappa shape index (κ3) is 7.63. The largest absolute Gasteiger partial charge is 0.414 e. The highest BCUT2D eigenvalue weighted by Gasteiger charge is 2.69. The van der Waals surface area contributed by atoms with E-state index in [0.29, 0.717) is 30.5 Å². The lowest BCUT2D eigenvalue weighted by Crippen LogP contribution is -2.65. The van der Waals surface area contributed by atoms with Gasteiger partial charge >= 0.3 is 0 Å². The van der Waals surface area contributed by atoms with Crippen LogP contribution < -0.4 is 0 Å². The van der Waals surface area contributed by atoms with Gasteiger partial charge in [-0.2, -0.15) is 0 Å². The maximum Gasteiger partial charge on any atom is 0.185 e. The lowest BCUT2D eigenvalue weighted by molar-refractivity contribution is -0.140. The molecule has 0 radical (unpaired) electrons. The molecule has 0 aliphatic heterocycles. The van der Waals surface area contributed by atoms with Crippen LogP contribution in [0.25, 0.3) is 0 Å². The molecule has 0 amide bonds. The molecule has 4 aliphatic carbocycles. The number of rotatable bonds is 11. The molecule has 0 heterocycles. The molecule has 0 aromatic carbocycles. The first-order valence-corrected chi connectivity index (χ1v) is 31.1. The first-order chi connectivity index (χ1) is 19.9. The molecule has 0 bridgehead atoms. The van der Waals surface area contributed by atoms with Crippen LogP contribution in [0.5, 0.6) is 0 Å². The van der Waals surface area contributed by atoms with E-state index in [-0.39, 0.29) is 16.9 Å². The summed E-state index contributed by atoms with van der Waals surface area (Å²) >= 11 is 0. The van der Waals surface area contributed by atoms with Gasteiger partial charge in [0.15, 0.2) is 33.3 Å². The molecular formula is C34H67NO5Si4. The van der Waals surface area contributed by atoms with Crippen LogP contribution in [0.2, 0.25) is 78.6 Å². The highest BCUT2D eigenvalue weighted by atomic mass is 28.4.